The first-order valence-electron chi connectivity index (χ1n) is 20.7. The topological polar surface area (TPSA) is 175 Å². The lowest BCUT2D eigenvalue weighted by molar-refractivity contribution is -0.139. The van der Waals surface area contributed by atoms with E-state index in [9.17, 15) is 19.2 Å². The minimum Gasteiger partial charge on any atom is -0.453 e. The van der Waals surface area contributed by atoms with E-state index in [0.717, 1.165) is 63.7 Å². The summed E-state index contributed by atoms with van der Waals surface area (Å²) in [6.07, 6.45) is 4.66. The molecule has 6 rings (SSSR count). The average Bonchev–Trinajstić information content (AvgIpc) is 4.04. The van der Waals surface area contributed by atoms with E-state index in [4.69, 9.17) is 14.5 Å². The van der Waals surface area contributed by atoms with Gasteiger partial charge < -0.3 is 39.9 Å². The summed E-state index contributed by atoms with van der Waals surface area (Å²) < 4.78 is 9.57. The zero-order chi connectivity index (χ0) is 43.3. The number of nitrogens with zero attached hydrogens (tertiary/aromatic N) is 4. The molecular weight excluding hydrogens is 761 g/mol. The summed E-state index contributed by atoms with van der Waals surface area (Å²) in [5.74, 6) is 0.780. The predicted octanol–water partition coefficient (Wildman–Crippen LogP) is 8.19. The summed E-state index contributed by atoms with van der Waals surface area (Å²) in [6, 6.07) is 19.2. The maximum atomic E-state index is 13.8. The van der Waals surface area contributed by atoms with Crippen LogP contribution >= 0.6 is 0 Å². The number of methoxy groups -OCH3 is 2. The predicted molar refractivity (Wildman–Crippen MR) is 232 cm³/mol. The van der Waals surface area contributed by atoms with E-state index in [-0.39, 0.29) is 29.7 Å². The van der Waals surface area contributed by atoms with Gasteiger partial charge in [0.05, 0.1) is 49.6 Å². The van der Waals surface area contributed by atoms with E-state index in [1.54, 1.807) is 11.1 Å². The van der Waals surface area contributed by atoms with Gasteiger partial charge in [0.15, 0.2) is 0 Å². The van der Waals surface area contributed by atoms with Crippen molar-refractivity contribution in [3.8, 4) is 33.6 Å². The van der Waals surface area contributed by atoms with Gasteiger partial charge in [-0.3, -0.25) is 9.59 Å². The largest absolute Gasteiger partial charge is 0.453 e. The third kappa shape index (κ3) is 9.02. The standard InChI is InChI=1S/C46H58N8O6/c1-10-21-53(41(55)38(27(2)3)51-44(57)59-8)29(6)40-47-25-36(49-40)31-14-12-30(13-15-31)32-16-17-34-24-35(19-18-33(34)23-32)37-26-48-43(50-37)46(7)20-11-22-54(46)42(56)39(28(4)5)52-45(58)60-9/h12-19,23-29,38-39H,10-11,20-22H2,1-9H3,(H,47,49)(H,48,50)(H,51,57)(H,52,58). The molecule has 14 nitrogen and oxygen atoms in total. The van der Waals surface area contributed by atoms with Crippen molar-refractivity contribution in [2.24, 2.45) is 11.8 Å². The van der Waals surface area contributed by atoms with Crippen LogP contribution in [-0.4, -0.2) is 93.1 Å². The molecule has 1 aliphatic rings. The van der Waals surface area contributed by atoms with Crippen molar-refractivity contribution in [3.63, 3.8) is 0 Å². The summed E-state index contributed by atoms with van der Waals surface area (Å²) in [6.45, 7) is 14.7. The first-order valence-corrected chi connectivity index (χ1v) is 20.7. The number of imidazole rings is 2. The number of hydrogen-bond acceptors (Lipinski definition) is 8. The molecule has 4 atom stereocenters. The zero-order valence-corrected chi connectivity index (χ0v) is 36.1. The Labute approximate surface area is 351 Å². The number of alkyl carbamates (subject to hydrolysis) is 2. The first kappa shape index (κ1) is 43.4. The monoisotopic (exact) mass is 818 g/mol. The van der Waals surface area contributed by atoms with Crippen LogP contribution in [0.5, 0.6) is 0 Å². The van der Waals surface area contributed by atoms with E-state index >= 15 is 0 Å². The van der Waals surface area contributed by atoms with Crippen LogP contribution in [0.1, 0.15) is 85.4 Å². The number of aromatic amines is 2. The van der Waals surface area contributed by atoms with Crippen molar-refractivity contribution in [2.45, 2.75) is 91.4 Å². The third-order valence-corrected chi connectivity index (χ3v) is 11.7. The lowest BCUT2D eigenvalue weighted by Gasteiger charge is -2.37. The number of fused-ring (bicyclic) bond motifs is 1. The Morgan fingerprint density at radius 1 is 0.767 bits per heavy atom. The number of aromatic nitrogens is 4. The Bertz CT molecular complexity index is 2320. The van der Waals surface area contributed by atoms with Gasteiger partial charge in [-0.05, 0) is 84.5 Å². The van der Waals surface area contributed by atoms with Gasteiger partial charge in [-0.2, -0.15) is 0 Å². The van der Waals surface area contributed by atoms with Crippen molar-refractivity contribution in [3.05, 3.63) is 84.7 Å². The average molecular weight is 819 g/mol. The molecule has 3 heterocycles. The Kier molecular flexibility index (Phi) is 13.3. The Morgan fingerprint density at radius 3 is 1.93 bits per heavy atom. The lowest BCUT2D eigenvalue weighted by Crippen LogP contribution is -2.55. The summed E-state index contributed by atoms with van der Waals surface area (Å²) in [7, 11) is 2.58. The van der Waals surface area contributed by atoms with Crippen LogP contribution in [0.15, 0.2) is 73.1 Å². The summed E-state index contributed by atoms with van der Waals surface area (Å²) in [5, 5.41) is 7.59. The molecule has 60 heavy (non-hydrogen) atoms. The molecule has 1 fully saturated rings. The first-order chi connectivity index (χ1) is 28.7. The maximum absolute atomic E-state index is 13.8. The van der Waals surface area contributed by atoms with Crippen LogP contribution in [0.3, 0.4) is 0 Å². The smallest absolute Gasteiger partial charge is 0.407 e. The molecule has 0 bridgehead atoms. The van der Waals surface area contributed by atoms with Gasteiger partial charge in [0, 0.05) is 18.7 Å². The highest BCUT2D eigenvalue weighted by Gasteiger charge is 2.46. The van der Waals surface area contributed by atoms with Gasteiger partial charge in [0.1, 0.15) is 23.7 Å². The highest BCUT2D eigenvalue weighted by Crippen LogP contribution is 2.39. The fourth-order valence-electron chi connectivity index (χ4n) is 8.06. The summed E-state index contributed by atoms with van der Waals surface area (Å²) in [4.78, 5) is 71.5. The van der Waals surface area contributed by atoms with E-state index < -0.39 is 29.8 Å². The van der Waals surface area contributed by atoms with E-state index in [1.807, 2.05) is 59.6 Å². The lowest BCUT2D eigenvalue weighted by atomic mass is 9.95. The van der Waals surface area contributed by atoms with Crippen LogP contribution in [-0.2, 0) is 24.6 Å². The van der Waals surface area contributed by atoms with Crippen molar-refractivity contribution in [1.29, 1.82) is 0 Å². The molecule has 0 spiro atoms. The molecule has 4 N–H and O–H groups in total. The Morgan fingerprint density at radius 2 is 1.32 bits per heavy atom. The molecule has 0 radical (unpaired) electrons. The van der Waals surface area contributed by atoms with Crippen LogP contribution in [0.2, 0.25) is 0 Å². The fourth-order valence-corrected chi connectivity index (χ4v) is 8.06. The van der Waals surface area contributed by atoms with E-state index in [2.05, 4.69) is 86.2 Å². The second-order valence-electron chi connectivity index (χ2n) is 16.5. The SMILES string of the molecule is CCCN(C(=O)C(NC(=O)OC)C(C)C)C(C)c1ncc(-c2ccc(-c3ccc4cc(-c5cnc(C6(C)CCCN6C(=O)C(NC(=O)OC)C(C)C)[nH]5)ccc4c3)cc2)[nH]1. The number of carbonyl (C=O) groups is 4. The number of rotatable bonds is 14. The maximum Gasteiger partial charge on any atom is 0.407 e. The van der Waals surface area contributed by atoms with E-state index in [1.165, 1.54) is 14.2 Å². The number of H-pyrrole nitrogens is 2. The molecule has 3 aromatic carbocycles. The van der Waals surface area contributed by atoms with Crippen LogP contribution in [0, 0.1) is 11.8 Å². The van der Waals surface area contributed by atoms with Gasteiger partial charge in [-0.25, -0.2) is 19.6 Å². The minimum absolute atomic E-state index is 0.122. The molecule has 318 valence electrons. The van der Waals surface area contributed by atoms with Gasteiger partial charge in [-0.1, -0.05) is 83.1 Å². The molecule has 5 aromatic rings. The molecular formula is C46H58N8O6. The number of hydrogen-bond donors (Lipinski definition) is 4. The molecule has 0 aliphatic carbocycles. The molecule has 2 aromatic heterocycles. The van der Waals surface area contributed by atoms with Crippen molar-refractivity contribution in [1.82, 2.24) is 40.4 Å². The molecule has 0 saturated carbocycles. The van der Waals surface area contributed by atoms with Crippen LogP contribution in [0.25, 0.3) is 44.4 Å². The van der Waals surface area contributed by atoms with Crippen LogP contribution < -0.4 is 10.6 Å². The summed E-state index contributed by atoms with van der Waals surface area (Å²) >= 11 is 0. The minimum atomic E-state index is -0.726. The van der Waals surface area contributed by atoms with Gasteiger partial charge in [0.25, 0.3) is 0 Å². The van der Waals surface area contributed by atoms with Gasteiger partial charge in [-0.15, -0.1) is 0 Å². The molecule has 1 aliphatic heterocycles. The third-order valence-electron chi connectivity index (χ3n) is 11.7. The van der Waals surface area contributed by atoms with Crippen molar-refractivity contribution < 1.29 is 28.7 Å². The number of amides is 4. The zero-order valence-electron chi connectivity index (χ0n) is 36.1. The number of carbonyl (C=O) groups excluding carboxylic acids is 4. The Hall–Kier alpha value is -6.18. The normalized spacial score (nSPS) is 16.8. The van der Waals surface area contributed by atoms with Crippen molar-refractivity contribution >= 4 is 34.8 Å². The number of likely N-dealkylation sites (tertiary alicyclic amines) is 1. The van der Waals surface area contributed by atoms with E-state index in [0.29, 0.717) is 24.7 Å². The highest BCUT2D eigenvalue weighted by atomic mass is 16.5. The second kappa shape index (κ2) is 18.4. The van der Waals surface area contributed by atoms with Gasteiger partial charge in [0.2, 0.25) is 11.8 Å². The Balaban J connectivity index is 1.16. The molecule has 4 unspecified atom stereocenters. The molecule has 4 amide bonds. The van der Waals surface area contributed by atoms with Gasteiger partial charge >= 0.3 is 12.2 Å². The quantitative estimate of drug-likeness (QED) is 0.0868. The molecule has 14 heteroatoms. The van der Waals surface area contributed by atoms with Crippen LogP contribution in [0.4, 0.5) is 9.59 Å². The second-order valence-corrected chi connectivity index (χ2v) is 16.5. The number of nitrogens with one attached hydrogen (secondary N) is 4. The summed E-state index contributed by atoms with van der Waals surface area (Å²) in [5.41, 5.74) is 5.14. The highest BCUT2D eigenvalue weighted by molar-refractivity contribution is 5.91. The molecule has 1 saturated heterocycles. The fraction of sp³-hybridized carbons (Fsp3) is 0.435. The number of ether oxygens (including phenoxy) is 2. The van der Waals surface area contributed by atoms with Crippen molar-refractivity contribution in [2.75, 3.05) is 27.3 Å². The number of benzene rings is 3.